The van der Waals surface area contributed by atoms with Crippen LogP contribution in [0.4, 0.5) is 5.69 Å². The number of benzene rings is 3. The van der Waals surface area contributed by atoms with Crippen molar-refractivity contribution in [3.8, 4) is 23.0 Å². The predicted molar refractivity (Wildman–Crippen MR) is 155 cm³/mol. The van der Waals surface area contributed by atoms with Gasteiger partial charge < -0.3 is 24.3 Å². The van der Waals surface area contributed by atoms with Crippen molar-refractivity contribution in [1.29, 1.82) is 0 Å². The van der Waals surface area contributed by atoms with Gasteiger partial charge >= 0.3 is 5.97 Å². The number of ether oxygens (including phenoxy) is 4. The summed E-state index contributed by atoms with van der Waals surface area (Å²) in [5.74, 6) is -0.103. The van der Waals surface area contributed by atoms with E-state index in [4.69, 9.17) is 18.9 Å². The molecule has 0 fully saturated rings. The number of carbonyl (C=O) groups excluding carboxylic acids is 3. The number of nitrogens with one attached hydrogen (secondary N) is 2. The van der Waals surface area contributed by atoms with E-state index in [9.17, 15) is 14.4 Å². The first kappa shape index (κ1) is 30.2. The summed E-state index contributed by atoms with van der Waals surface area (Å²) in [6.07, 6.45) is 1.36. The summed E-state index contributed by atoms with van der Waals surface area (Å²) in [5.41, 5.74) is 3.43. The van der Waals surface area contributed by atoms with E-state index in [1.165, 1.54) is 39.7 Å². The van der Waals surface area contributed by atoms with Crippen LogP contribution >= 0.6 is 15.9 Å². The molecule has 0 unspecified atom stereocenters. The number of hydrogen-bond donors (Lipinski definition) is 2. The normalized spacial score (nSPS) is 11.1. The van der Waals surface area contributed by atoms with E-state index in [-0.39, 0.29) is 17.2 Å². The second-order valence-corrected chi connectivity index (χ2v) is 10.4. The van der Waals surface area contributed by atoms with E-state index < -0.39 is 17.3 Å². The number of halogens is 1. The minimum absolute atomic E-state index is 0.134. The maximum atomic E-state index is 13.0. The molecule has 0 aliphatic heterocycles. The molecule has 210 valence electrons. The zero-order valence-corrected chi connectivity index (χ0v) is 24.5. The molecular formula is C29H30BrN3O7. The predicted octanol–water partition coefficient (Wildman–Crippen LogP) is 5.44. The smallest absolute Gasteiger partial charge is 0.343 e. The van der Waals surface area contributed by atoms with Crippen molar-refractivity contribution in [2.45, 2.75) is 20.8 Å². The number of esters is 1. The van der Waals surface area contributed by atoms with E-state index in [1.54, 1.807) is 42.5 Å². The molecular weight excluding hydrogens is 582 g/mol. The lowest BCUT2D eigenvalue weighted by molar-refractivity contribution is -0.123. The molecule has 0 aliphatic carbocycles. The molecule has 0 atom stereocenters. The SMILES string of the molecule is COc1cc(C(=O)Oc2ccc(Br)cc2/C=N/NC(=O)c2ccc(NC(=O)C(C)(C)C)cc2)cc(OC)c1OC. The summed E-state index contributed by atoms with van der Waals surface area (Å²) in [6, 6.07) is 14.4. The van der Waals surface area contributed by atoms with E-state index >= 15 is 0 Å². The van der Waals surface area contributed by atoms with Crippen molar-refractivity contribution in [3.63, 3.8) is 0 Å². The average Bonchev–Trinajstić information content (AvgIpc) is 2.93. The quantitative estimate of drug-likeness (QED) is 0.143. The Morgan fingerprint density at radius 3 is 2.00 bits per heavy atom. The van der Waals surface area contributed by atoms with E-state index in [0.29, 0.717) is 38.5 Å². The summed E-state index contributed by atoms with van der Waals surface area (Å²) in [4.78, 5) is 37.7. The third-order valence-electron chi connectivity index (χ3n) is 5.53. The van der Waals surface area contributed by atoms with Crippen LogP contribution in [0.15, 0.2) is 64.2 Å². The number of amides is 2. The van der Waals surface area contributed by atoms with Crippen molar-refractivity contribution in [3.05, 3.63) is 75.8 Å². The minimum atomic E-state index is -0.668. The van der Waals surface area contributed by atoms with Crippen LogP contribution < -0.4 is 29.7 Å². The van der Waals surface area contributed by atoms with Crippen molar-refractivity contribution in [1.82, 2.24) is 5.43 Å². The van der Waals surface area contributed by atoms with Crippen LogP contribution in [0.5, 0.6) is 23.0 Å². The van der Waals surface area contributed by atoms with Gasteiger partial charge in [-0.2, -0.15) is 5.10 Å². The lowest BCUT2D eigenvalue weighted by atomic mass is 9.95. The number of nitrogens with zero attached hydrogens (tertiary/aromatic N) is 1. The Bertz CT molecular complexity index is 1410. The number of anilines is 1. The minimum Gasteiger partial charge on any atom is -0.493 e. The summed E-state index contributed by atoms with van der Waals surface area (Å²) in [6.45, 7) is 5.44. The lowest BCUT2D eigenvalue weighted by Gasteiger charge is -2.17. The molecule has 40 heavy (non-hydrogen) atoms. The Labute approximate surface area is 240 Å². The van der Waals surface area contributed by atoms with Crippen molar-refractivity contribution < 1.29 is 33.3 Å². The van der Waals surface area contributed by atoms with Crippen LogP contribution in [0, 0.1) is 5.41 Å². The van der Waals surface area contributed by atoms with Crippen LogP contribution in [0.25, 0.3) is 0 Å². The molecule has 0 saturated heterocycles. The maximum absolute atomic E-state index is 13.0. The number of methoxy groups -OCH3 is 3. The van der Waals surface area contributed by atoms with Gasteiger partial charge in [0.2, 0.25) is 11.7 Å². The van der Waals surface area contributed by atoms with Gasteiger partial charge in [0.25, 0.3) is 5.91 Å². The monoisotopic (exact) mass is 611 g/mol. The molecule has 0 spiro atoms. The number of rotatable bonds is 9. The topological polar surface area (TPSA) is 125 Å². The van der Waals surface area contributed by atoms with Crippen molar-refractivity contribution in [2.75, 3.05) is 26.6 Å². The van der Waals surface area contributed by atoms with Crippen molar-refractivity contribution >= 4 is 45.6 Å². The summed E-state index contributed by atoms with van der Waals surface area (Å²) in [7, 11) is 4.36. The van der Waals surface area contributed by atoms with Gasteiger partial charge in [-0.3, -0.25) is 9.59 Å². The zero-order chi connectivity index (χ0) is 29.4. The van der Waals surface area contributed by atoms with Gasteiger partial charge in [-0.25, -0.2) is 10.2 Å². The molecule has 2 N–H and O–H groups in total. The van der Waals surface area contributed by atoms with Gasteiger partial charge in [-0.15, -0.1) is 0 Å². The fourth-order valence-electron chi connectivity index (χ4n) is 3.32. The molecule has 2 amide bonds. The summed E-state index contributed by atoms with van der Waals surface area (Å²) in [5, 5.41) is 6.82. The molecule has 11 heteroatoms. The second-order valence-electron chi connectivity index (χ2n) is 9.47. The molecule has 0 bridgehead atoms. The van der Waals surface area contributed by atoms with E-state index in [0.717, 1.165) is 0 Å². The fraction of sp³-hybridized carbons (Fsp3) is 0.241. The van der Waals surface area contributed by atoms with Crippen molar-refractivity contribution in [2.24, 2.45) is 10.5 Å². The first-order valence-corrected chi connectivity index (χ1v) is 12.8. The molecule has 10 nitrogen and oxygen atoms in total. The zero-order valence-electron chi connectivity index (χ0n) is 23.0. The Hall–Kier alpha value is -4.38. The third-order valence-corrected chi connectivity index (χ3v) is 6.02. The molecule has 3 rings (SSSR count). The summed E-state index contributed by atoms with van der Waals surface area (Å²) >= 11 is 3.39. The second kappa shape index (κ2) is 13.1. The standard InChI is InChI=1S/C29H30BrN3O7/c1-29(2,3)28(36)32-21-10-7-17(8-11-21)26(34)33-31-16-19-13-20(30)9-12-22(19)40-27(35)18-14-23(37-4)25(39-6)24(15-18)38-5/h7-16H,1-6H3,(H,32,36)(H,33,34)/b31-16+. The molecule has 0 radical (unpaired) electrons. The highest BCUT2D eigenvalue weighted by molar-refractivity contribution is 9.10. The number of hydrogen-bond acceptors (Lipinski definition) is 8. The van der Waals surface area contributed by atoms with Gasteiger partial charge in [0.05, 0.1) is 33.1 Å². The Kier molecular flexibility index (Phi) is 9.89. The summed E-state index contributed by atoms with van der Waals surface area (Å²) < 4.78 is 22.2. The molecule has 0 aliphatic rings. The molecule has 3 aromatic rings. The van der Waals surface area contributed by atoms with Crippen LogP contribution in [0.3, 0.4) is 0 Å². The molecule has 3 aromatic carbocycles. The van der Waals surface area contributed by atoms with Crippen LogP contribution in [-0.4, -0.2) is 45.3 Å². The van der Waals surface area contributed by atoms with Gasteiger partial charge in [0.1, 0.15) is 5.75 Å². The van der Waals surface area contributed by atoms with Gasteiger partial charge in [-0.1, -0.05) is 36.7 Å². The lowest BCUT2D eigenvalue weighted by Crippen LogP contribution is -2.27. The first-order valence-electron chi connectivity index (χ1n) is 12.0. The Morgan fingerprint density at radius 2 is 1.45 bits per heavy atom. The molecule has 0 saturated carbocycles. The van der Waals surface area contributed by atoms with Crippen LogP contribution in [0.1, 0.15) is 47.1 Å². The largest absolute Gasteiger partial charge is 0.493 e. The number of carbonyl (C=O) groups is 3. The van der Waals surface area contributed by atoms with Crippen LogP contribution in [0.2, 0.25) is 0 Å². The molecule has 0 aromatic heterocycles. The van der Waals surface area contributed by atoms with Crippen LogP contribution in [-0.2, 0) is 4.79 Å². The van der Waals surface area contributed by atoms with E-state index in [1.807, 2.05) is 20.8 Å². The highest BCUT2D eigenvalue weighted by Gasteiger charge is 2.21. The number of hydrazone groups is 1. The highest BCUT2D eigenvalue weighted by atomic mass is 79.9. The highest BCUT2D eigenvalue weighted by Crippen LogP contribution is 2.38. The van der Waals surface area contributed by atoms with Gasteiger partial charge in [0, 0.05) is 26.7 Å². The van der Waals surface area contributed by atoms with E-state index in [2.05, 4.69) is 31.8 Å². The van der Waals surface area contributed by atoms with Gasteiger partial charge in [0.15, 0.2) is 11.5 Å². The Balaban J connectivity index is 1.73. The third kappa shape index (κ3) is 7.60. The fourth-order valence-corrected chi connectivity index (χ4v) is 3.70. The maximum Gasteiger partial charge on any atom is 0.343 e. The van der Waals surface area contributed by atoms with Gasteiger partial charge in [-0.05, 0) is 54.6 Å². The molecule has 0 heterocycles. The average molecular weight is 612 g/mol. The first-order chi connectivity index (χ1) is 19.0. The Morgan fingerprint density at radius 1 is 0.825 bits per heavy atom.